The van der Waals surface area contributed by atoms with Crippen molar-refractivity contribution in [3.05, 3.63) is 42.2 Å². The minimum absolute atomic E-state index is 0.275. The summed E-state index contributed by atoms with van der Waals surface area (Å²) >= 11 is 1.19. The molecule has 0 saturated heterocycles. The first-order valence-electron chi connectivity index (χ1n) is 8.35. The van der Waals surface area contributed by atoms with Gasteiger partial charge in [0.25, 0.3) is 0 Å². The summed E-state index contributed by atoms with van der Waals surface area (Å²) in [4.78, 5) is 16.2. The Bertz CT molecular complexity index is 1120. The molecule has 0 aliphatic carbocycles. The molecule has 0 aliphatic rings. The van der Waals surface area contributed by atoms with Crippen LogP contribution in [0.3, 0.4) is 0 Å². The molecule has 1 heterocycles. The molecule has 0 bridgehead atoms. The van der Waals surface area contributed by atoms with E-state index in [0.29, 0.717) is 17.0 Å². The Morgan fingerprint density at radius 1 is 1.17 bits per heavy atom. The minimum atomic E-state index is -4.21. The summed E-state index contributed by atoms with van der Waals surface area (Å²) in [6.45, 7) is 1.35. The lowest BCUT2D eigenvalue weighted by Crippen LogP contribution is -2.41. The lowest BCUT2D eigenvalue weighted by atomic mass is 10.3. The van der Waals surface area contributed by atoms with Gasteiger partial charge in [-0.3, -0.25) is 4.79 Å². The van der Waals surface area contributed by atoms with Crippen LogP contribution in [0.1, 0.15) is 6.92 Å². The van der Waals surface area contributed by atoms with Crippen LogP contribution in [0.15, 0.2) is 41.3 Å². The fourth-order valence-corrected chi connectivity index (χ4v) is 4.70. The third-order valence-electron chi connectivity index (χ3n) is 3.98. The van der Waals surface area contributed by atoms with Crippen molar-refractivity contribution in [2.24, 2.45) is 0 Å². The van der Waals surface area contributed by atoms with Crippen molar-refractivity contribution in [1.82, 2.24) is 9.71 Å². The van der Waals surface area contributed by atoms with Gasteiger partial charge in [0.15, 0.2) is 16.6 Å². The van der Waals surface area contributed by atoms with E-state index in [9.17, 15) is 17.6 Å². The number of benzene rings is 2. The molecule has 29 heavy (non-hydrogen) atoms. The maximum Gasteiger partial charge on any atom is 0.244 e. The number of anilines is 1. The molecule has 1 aromatic heterocycles. The number of amides is 1. The van der Waals surface area contributed by atoms with Gasteiger partial charge in [0, 0.05) is 12.1 Å². The second-order valence-electron chi connectivity index (χ2n) is 5.96. The van der Waals surface area contributed by atoms with Crippen LogP contribution in [-0.2, 0) is 14.8 Å². The molecule has 0 fully saturated rings. The van der Waals surface area contributed by atoms with Gasteiger partial charge in [-0.25, -0.2) is 17.8 Å². The van der Waals surface area contributed by atoms with Crippen LogP contribution in [0.5, 0.6) is 11.5 Å². The van der Waals surface area contributed by atoms with Gasteiger partial charge in [0.2, 0.25) is 15.9 Å². The summed E-state index contributed by atoms with van der Waals surface area (Å²) in [5.74, 6) is -0.522. The average molecular weight is 439 g/mol. The van der Waals surface area contributed by atoms with Crippen molar-refractivity contribution >= 4 is 42.6 Å². The molecule has 3 rings (SSSR count). The Kier molecular flexibility index (Phi) is 6.01. The Morgan fingerprint density at radius 3 is 2.48 bits per heavy atom. The second kappa shape index (κ2) is 8.31. The molecule has 0 saturated carbocycles. The third kappa shape index (κ3) is 4.47. The van der Waals surface area contributed by atoms with Crippen molar-refractivity contribution in [3.8, 4) is 11.5 Å². The highest BCUT2D eigenvalue weighted by molar-refractivity contribution is 7.89. The van der Waals surface area contributed by atoms with Crippen molar-refractivity contribution in [2.45, 2.75) is 17.9 Å². The fraction of sp³-hybridized carbons (Fsp3) is 0.222. The first-order valence-corrected chi connectivity index (χ1v) is 10.7. The second-order valence-corrected chi connectivity index (χ2v) is 8.67. The molecule has 0 radical (unpaired) electrons. The Morgan fingerprint density at radius 2 is 1.83 bits per heavy atom. The Labute approximate surface area is 170 Å². The summed E-state index contributed by atoms with van der Waals surface area (Å²) in [6.07, 6.45) is 0. The summed E-state index contributed by atoms with van der Waals surface area (Å²) in [5.41, 5.74) is 0.586. The minimum Gasteiger partial charge on any atom is -0.493 e. The van der Waals surface area contributed by atoms with Crippen LogP contribution in [0, 0.1) is 5.82 Å². The Hall–Kier alpha value is -2.76. The van der Waals surface area contributed by atoms with E-state index in [-0.39, 0.29) is 5.13 Å². The highest BCUT2D eigenvalue weighted by Gasteiger charge is 2.25. The molecule has 1 atom stereocenters. The number of hydrogen-bond donors (Lipinski definition) is 2. The van der Waals surface area contributed by atoms with Gasteiger partial charge in [-0.1, -0.05) is 23.5 Å². The average Bonchev–Trinajstić information content (AvgIpc) is 3.07. The zero-order chi connectivity index (χ0) is 21.2. The van der Waals surface area contributed by atoms with E-state index >= 15 is 0 Å². The normalized spacial score (nSPS) is 12.6. The first-order chi connectivity index (χ1) is 13.7. The first kappa shape index (κ1) is 21.0. The van der Waals surface area contributed by atoms with Gasteiger partial charge in [-0.05, 0) is 19.1 Å². The van der Waals surface area contributed by atoms with E-state index in [1.54, 1.807) is 12.1 Å². The number of aromatic nitrogens is 1. The molecule has 0 unspecified atom stereocenters. The molecule has 2 N–H and O–H groups in total. The van der Waals surface area contributed by atoms with Gasteiger partial charge in [-0.2, -0.15) is 4.72 Å². The smallest absolute Gasteiger partial charge is 0.244 e. The SMILES string of the molecule is COc1cc2nc(NC(=O)[C@@H](C)NS(=O)(=O)c3ccccc3F)sc2cc1OC. The lowest BCUT2D eigenvalue weighted by Gasteiger charge is -2.13. The molecular weight excluding hydrogens is 421 g/mol. The predicted molar refractivity (Wildman–Crippen MR) is 108 cm³/mol. The van der Waals surface area contributed by atoms with E-state index in [4.69, 9.17) is 9.47 Å². The summed E-state index contributed by atoms with van der Waals surface area (Å²) < 4.78 is 51.8. The number of thiazole rings is 1. The maximum absolute atomic E-state index is 13.8. The highest BCUT2D eigenvalue weighted by Crippen LogP contribution is 2.36. The molecule has 3 aromatic rings. The summed E-state index contributed by atoms with van der Waals surface area (Å²) in [6, 6.07) is 7.17. The third-order valence-corrected chi connectivity index (χ3v) is 6.48. The Balaban J connectivity index is 1.76. The number of nitrogens with one attached hydrogen (secondary N) is 2. The standard InChI is InChI=1S/C18H18FN3O5S2/c1-10(22-29(24,25)16-7-5-4-6-11(16)19)17(23)21-18-20-12-8-13(26-2)14(27-3)9-15(12)28-18/h4-10,22H,1-3H3,(H,20,21,23)/t10-/m1/s1. The molecule has 2 aromatic carbocycles. The largest absolute Gasteiger partial charge is 0.493 e. The number of carbonyl (C=O) groups excluding carboxylic acids is 1. The van der Waals surface area contributed by atoms with Crippen LogP contribution in [0.4, 0.5) is 9.52 Å². The zero-order valence-corrected chi connectivity index (χ0v) is 17.4. The van der Waals surface area contributed by atoms with E-state index in [0.717, 1.165) is 16.8 Å². The van der Waals surface area contributed by atoms with Crippen molar-refractivity contribution in [2.75, 3.05) is 19.5 Å². The van der Waals surface area contributed by atoms with Crippen molar-refractivity contribution < 1.29 is 27.1 Å². The fourth-order valence-electron chi connectivity index (χ4n) is 2.53. The van der Waals surface area contributed by atoms with E-state index in [1.807, 2.05) is 0 Å². The number of methoxy groups -OCH3 is 2. The van der Waals surface area contributed by atoms with Crippen LogP contribution < -0.4 is 19.5 Å². The van der Waals surface area contributed by atoms with E-state index < -0.39 is 32.7 Å². The molecule has 0 spiro atoms. The van der Waals surface area contributed by atoms with Gasteiger partial charge in [0.05, 0.1) is 30.5 Å². The van der Waals surface area contributed by atoms with Crippen molar-refractivity contribution in [3.63, 3.8) is 0 Å². The van der Waals surface area contributed by atoms with Gasteiger partial charge in [0.1, 0.15) is 10.7 Å². The lowest BCUT2D eigenvalue weighted by molar-refractivity contribution is -0.117. The molecule has 8 nitrogen and oxygen atoms in total. The quantitative estimate of drug-likeness (QED) is 0.586. The van der Waals surface area contributed by atoms with Crippen LogP contribution >= 0.6 is 11.3 Å². The monoisotopic (exact) mass is 439 g/mol. The highest BCUT2D eigenvalue weighted by atomic mass is 32.2. The number of sulfonamides is 1. The maximum atomic E-state index is 13.8. The summed E-state index contributed by atoms with van der Waals surface area (Å²) in [7, 11) is -1.19. The topological polar surface area (TPSA) is 107 Å². The number of carbonyl (C=O) groups is 1. The number of hydrogen-bond acceptors (Lipinski definition) is 7. The number of ether oxygens (including phenoxy) is 2. The summed E-state index contributed by atoms with van der Waals surface area (Å²) in [5, 5.41) is 2.84. The molecular formula is C18H18FN3O5S2. The molecule has 11 heteroatoms. The van der Waals surface area contributed by atoms with Crippen LogP contribution in [0.25, 0.3) is 10.2 Å². The zero-order valence-electron chi connectivity index (χ0n) is 15.7. The van der Waals surface area contributed by atoms with Crippen LogP contribution in [0.2, 0.25) is 0 Å². The van der Waals surface area contributed by atoms with Gasteiger partial charge in [-0.15, -0.1) is 0 Å². The molecule has 0 aliphatic heterocycles. The van der Waals surface area contributed by atoms with Crippen LogP contribution in [-0.4, -0.2) is 39.6 Å². The predicted octanol–water partition coefficient (Wildman–Crippen LogP) is 2.76. The van der Waals surface area contributed by atoms with Gasteiger partial charge >= 0.3 is 0 Å². The van der Waals surface area contributed by atoms with E-state index in [2.05, 4.69) is 15.0 Å². The van der Waals surface area contributed by atoms with E-state index in [1.165, 1.54) is 44.6 Å². The van der Waals surface area contributed by atoms with Gasteiger partial charge < -0.3 is 14.8 Å². The number of nitrogens with zero attached hydrogens (tertiary/aromatic N) is 1. The van der Waals surface area contributed by atoms with Crippen molar-refractivity contribution in [1.29, 1.82) is 0 Å². The number of rotatable bonds is 7. The number of fused-ring (bicyclic) bond motifs is 1. The molecule has 154 valence electrons. The molecule has 1 amide bonds. The number of halogens is 1.